The maximum atomic E-state index is 11.3. The quantitative estimate of drug-likeness (QED) is 0.469. The molecule has 0 saturated carbocycles. The first kappa shape index (κ1) is 16.4. The third-order valence-electron chi connectivity index (χ3n) is 3.01. The van der Waals surface area contributed by atoms with E-state index in [1.165, 1.54) is 0 Å². The van der Waals surface area contributed by atoms with Crippen molar-refractivity contribution in [3.8, 4) is 0 Å². The van der Waals surface area contributed by atoms with Crippen LogP contribution in [-0.2, 0) is 9.53 Å². The molecule has 102 valence electrons. The van der Waals surface area contributed by atoms with Crippen molar-refractivity contribution in [1.29, 1.82) is 0 Å². The van der Waals surface area contributed by atoms with E-state index in [4.69, 9.17) is 4.74 Å². The molecule has 17 heavy (non-hydrogen) atoms. The maximum absolute atomic E-state index is 11.3. The Morgan fingerprint density at radius 2 is 2.12 bits per heavy atom. The standard InChI is InChI=1S/C13H28N2O2/c1-5-7-10-17-13(16)11-14-8-9-15(4)12(3)6-2/h12,14H,5-11H2,1-4H3. The van der Waals surface area contributed by atoms with Crippen molar-refractivity contribution in [3.05, 3.63) is 0 Å². The smallest absolute Gasteiger partial charge is 0.319 e. The number of nitrogens with one attached hydrogen (secondary N) is 1. The summed E-state index contributed by atoms with van der Waals surface area (Å²) in [5.41, 5.74) is 0. The highest BCUT2D eigenvalue weighted by Crippen LogP contribution is 1.97. The van der Waals surface area contributed by atoms with Crippen molar-refractivity contribution in [2.24, 2.45) is 0 Å². The van der Waals surface area contributed by atoms with Crippen LogP contribution in [0, 0.1) is 0 Å². The van der Waals surface area contributed by atoms with Crippen molar-refractivity contribution >= 4 is 5.97 Å². The van der Waals surface area contributed by atoms with Gasteiger partial charge in [0.25, 0.3) is 0 Å². The second-order valence-corrected chi connectivity index (χ2v) is 4.49. The van der Waals surface area contributed by atoms with Gasteiger partial charge in [0, 0.05) is 19.1 Å². The van der Waals surface area contributed by atoms with Gasteiger partial charge in [-0.1, -0.05) is 20.3 Å². The van der Waals surface area contributed by atoms with E-state index >= 15 is 0 Å². The number of likely N-dealkylation sites (N-methyl/N-ethyl adjacent to an activating group) is 1. The second-order valence-electron chi connectivity index (χ2n) is 4.49. The van der Waals surface area contributed by atoms with Crippen LogP contribution in [0.15, 0.2) is 0 Å². The Kier molecular flexibility index (Phi) is 10.2. The summed E-state index contributed by atoms with van der Waals surface area (Å²) in [7, 11) is 2.11. The number of nitrogens with zero attached hydrogens (tertiary/aromatic N) is 1. The van der Waals surface area contributed by atoms with Gasteiger partial charge in [0.15, 0.2) is 0 Å². The molecule has 0 spiro atoms. The van der Waals surface area contributed by atoms with Gasteiger partial charge in [0.05, 0.1) is 13.2 Å². The summed E-state index contributed by atoms with van der Waals surface area (Å²) in [5.74, 6) is -0.148. The lowest BCUT2D eigenvalue weighted by Gasteiger charge is -2.23. The molecule has 4 nitrogen and oxygen atoms in total. The molecule has 0 heterocycles. The fraction of sp³-hybridized carbons (Fsp3) is 0.923. The Balaban J connectivity index is 3.41. The normalized spacial score (nSPS) is 12.8. The molecule has 1 N–H and O–H groups in total. The number of ether oxygens (including phenoxy) is 1. The molecule has 0 amide bonds. The Hall–Kier alpha value is -0.610. The average molecular weight is 244 g/mol. The highest BCUT2D eigenvalue weighted by atomic mass is 16.5. The summed E-state index contributed by atoms with van der Waals surface area (Å²) < 4.78 is 5.04. The highest BCUT2D eigenvalue weighted by Gasteiger charge is 2.06. The van der Waals surface area contributed by atoms with Crippen molar-refractivity contribution in [2.75, 3.05) is 33.3 Å². The summed E-state index contributed by atoms with van der Waals surface area (Å²) >= 11 is 0. The molecule has 0 aromatic carbocycles. The number of carbonyl (C=O) groups excluding carboxylic acids is 1. The van der Waals surface area contributed by atoms with Gasteiger partial charge in [-0.25, -0.2) is 0 Å². The van der Waals surface area contributed by atoms with Crippen molar-refractivity contribution in [1.82, 2.24) is 10.2 Å². The van der Waals surface area contributed by atoms with Gasteiger partial charge in [0.2, 0.25) is 0 Å². The molecule has 0 aliphatic rings. The fourth-order valence-electron chi connectivity index (χ4n) is 1.36. The van der Waals surface area contributed by atoms with E-state index < -0.39 is 0 Å². The van der Waals surface area contributed by atoms with Gasteiger partial charge in [-0.05, 0) is 26.8 Å². The molecule has 1 atom stereocenters. The summed E-state index contributed by atoms with van der Waals surface area (Å²) in [6, 6.07) is 0.591. The monoisotopic (exact) mass is 244 g/mol. The molecule has 0 saturated heterocycles. The van der Waals surface area contributed by atoms with E-state index in [1.54, 1.807) is 0 Å². The number of carbonyl (C=O) groups is 1. The van der Waals surface area contributed by atoms with Crippen LogP contribution in [0.3, 0.4) is 0 Å². The number of hydrogen-bond acceptors (Lipinski definition) is 4. The molecular weight excluding hydrogens is 216 g/mol. The first-order valence-electron chi connectivity index (χ1n) is 6.68. The minimum Gasteiger partial charge on any atom is -0.465 e. The molecule has 0 radical (unpaired) electrons. The molecule has 0 aromatic rings. The van der Waals surface area contributed by atoms with Gasteiger partial charge >= 0.3 is 5.97 Å². The zero-order chi connectivity index (χ0) is 13.1. The fourth-order valence-corrected chi connectivity index (χ4v) is 1.36. The molecule has 0 bridgehead atoms. The number of rotatable bonds is 10. The van der Waals surface area contributed by atoms with Crippen LogP contribution in [0.5, 0.6) is 0 Å². The third kappa shape index (κ3) is 9.12. The largest absolute Gasteiger partial charge is 0.465 e. The van der Waals surface area contributed by atoms with Gasteiger partial charge in [-0.15, -0.1) is 0 Å². The van der Waals surface area contributed by atoms with Crippen molar-refractivity contribution in [3.63, 3.8) is 0 Å². The van der Waals surface area contributed by atoms with E-state index in [-0.39, 0.29) is 5.97 Å². The average Bonchev–Trinajstić information content (AvgIpc) is 2.33. The minimum atomic E-state index is -0.148. The Morgan fingerprint density at radius 3 is 2.71 bits per heavy atom. The second kappa shape index (κ2) is 10.5. The molecule has 0 aliphatic heterocycles. The summed E-state index contributed by atoms with van der Waals surface area (Å²) in [4.78, 5) is 13.5. The topological polar surface area (TPSA) is 41.6 Å². The zero-order valence-electron chi connectivity index (χ0n) is 11.8. The molecule has 4 heteroatoms. The zero-order valence-corrected chi connectivity index (χ0v) is 11.8. The lowest BCUT2D eigenvalue weighted by atomic mass is 10.2. The van der Waals surface area contributed by atoms with Crippen molar-refractivity contribution < 1.29 is 9.53 Å². The maximum Gasteiger partial charge on any atom is 0.319 e. The lowest BCUT2D eigenvalue weighted by Crippen LogP contribution is -2.36. The Morgan fingerprint density at radius 1 is 1.41 bits per heavy atom. The molecule has 1 unspecified atom stereocenters. The summed E-state index contributed by atoms with van der Waals surface area (Å²) in [6.07, 6.45) is 3.15. The van der Waals surface area contributed by atoms with E-state index in [1.807, 2.05) is 0 Å². The molecule has 0 aromatic heterocycles. The molecule has 0 fully saturated rings. The highest BCUT2D eigenvalue weighted by molar-refractivity contribution is 5.71. The number of hydrogen-bond donors (Lipinski definition) is 1. The van der Waals surface area contributed by atoms with Crippen LogP contribution in [-0.4, -0.2) is 50.2 Å². The van der Waals surface area contributed by atoms with Crippen LogP contribution >= 0.6 is 0 Å². The summed E-state index contributed by atoms with van der Waals surface area (Å²) in [5, 5.41) is 3.11. The first-order valence-corrected chi connectivity index (χ1v) is 6.68. The van der Waals surface area contributed by atoms with Gasteiger partial charge in [0.1, 0.15) is 0 Å². The predicted molar refractivity (Wildman–Crippen MR) is 71.1 cm³/mol. The van der Waals surface area contributed by atoms with Crippen molar-refractivity contribution in [2.45, 2.75) is 46.1 Å². The van der Waals surface area contributed by atoms with E-state index in [0.717, 1.165) is 32.4 Å². The summed E-state index contributed by atoms with van der Waals surface area (Å²) in [6.45, 7) is 9.11. The Bertz CT molecular complexity index is 198. The lowest BCUT2D eigenvalue weighted by molar-refractivity contribution is -0.142. The van der Waals surface area contributed by atoms with E-state index in [2.05, 4.69) is 38.0 Å². The van der Waals surface area contributed by atoms with E-state index in [9.17, 15) is 4.79 Å². The van der Waals surface area contributed by atoms with Crippen LogP contribution in [0.4, 0.5) is 0 Å². The van der Waals surface area contributed by atoms with Gasteiger partial charge < -0.3 is 15.0 Å². The van der Waals surface area contributed by atoms with Gasteiger partial charge in [-0.2, -0.15) is 0 Å². The van der Waals surface area contributed by atoms with Crippen LogP contribution in [0.1, 0.15) is 40.0 Å². The molecule has 0 rings (SSSR count). The van der Waals surface area contributed by atoms with Crippen LogP contribution < -0.4 is 5.32 Å². The van der Waals surface area contributed by atoms with Crippen LogP contribution in [0.25, 0.3) is 0 Å². The number of esters is 1. The SMILES string of the molecule is CCCCOC(=O)CNCCN(C)C(C)CC. The van der Waals surface area contributed by atoms with Crippen LogP contribution in [0.2, 0.25) is 0 Å². The predicted octanol–water partition coefficient (Wildman–Crippen LogP) is 1.65. The third-order valence-corrected chi connectivity index (χ3v) is 3.01. The van der Waals surface area contributed by atoms with Gasteiger partial charge in [-0.3, -0.25) is 4.79 Å². The molecule has 0 aliphatic carbocycles. The first-order chi connectivity index (χ1) is 8.11. The number of unbranched alkanes of at least 4 members (excludes halogenated alkanes) is 1. The molecular formula is C13H28N2O2. The minimum absolute atomic E-state index is 0.148. The Labute approximate surface area is 106 Å². The van der Waals surface area contributed by atoms with E-state index in [0.29, 0.717) is 19.2 Å².